The van der Waals surface area contributed by atoms with Gasteiger partial charge in [-0.25, -0.2) is 0 Å². The standard InChI is InChI=1S/C3H7NO2S.2C3H9P.NO3.Pt/c4-2(1-7)3(5)6;2*1-4(2)3;2-1(3)4;/h2,7H,1,4H2,(H,5,6);2*1-3H3;;/q;;;-1;+2/p-1. The Bertz CT molecular complexity index is 211. The quantitative estimate of drug-likeness (QED) is 0.240. The molecule has 0 spiro atoms. The van der Waals surface area contributed by atoms with E-state index < -0.39 is 17.1 Å². The number of carboxylic acids is 1. The van der Waals surface area contributed by atoms with Crippen molar-refractivity contribution < 1.29 is 36.1 Å². The van der Waals surface area contributed by atoms with Gasteiger partial charge in [-0.2, -0.15) is 5.75 Å². The van der Waals surface area contributed by atoms with E-state index in [1.54, 1.807) is 0 Å². The van der Waals surface area contributed by atoms with Crippen LogP contribution in [0, 0.1) is 15.3 Å². The van der Waals surface area contributed by atoms with E-state index in [0.29, 0.717) is 15.8 Å². The summed E-state index contributed by atoms with van der Waals surface area (Å²) in [6.45, 7) is 13.4. The molecule has 0 saturated heterocycles. The van der Waals surface area contributed by atoms with Crippen molar-refractivity contribution in [1.82, 2.24) is 0 Å². The zero-order valence-electron chi connectivity index (χ0n) is 12.5. The average Bonchev–Trinajstić information content (AvgIpc) is 2.13. The summed E-state index contributed by atoms with van der Waals surface area (Å²) in [7, 11) is 0.759. The zero-order valence-corrected chi connectivity index (χ0v) is 17.4. The molecule has 0 aromatic carbocycles. The summed E-state index contributed by atoms with van der Waals surface area (Å²) >= 11 is 4.35. The number of aliphatic carboxylic acids is 1. The Morgan fingerprint density at radius 3 is 1.35 bits per heavy atom. The minimum atomic E-state index is -1.75. The van der Waals surface area contributed by atoms with Gasteiger partial charge < -0.3 is 38.8 Å². The fraction of sp³-hybridized carbons (Fsp3) is 0.889. The SMILES string of the molecule is CP(C)C.CP(C)C.NC(C[S-])C(=O)O.O=[N+]([O-])[O-].[Pt+2]. The largest absolute Gasteiger partial charge is 2.00 e. The number of nitrogens with zero attached hydrogens (tertiary/aromatic N) is 1. The fourth-order valence-corrected chi connectivity index (χ4v) is 0.214. The Hall–Kier alpha value is 0.528. The Balaban J connectivity index is -0.0000000512. The van der Waals surface area contributed by atoms with Crippen LogP contribution in [-0.4, -0.2) is 67.9 Å². The van der Waals surface area contributed by atoms with Crippen molar-refractivity contribution in [3.8, 4) is 0 Å². The maximum absolute atomic E-state index is 9.74. The molecule has 11 heteroatoms. The molecule has 0 aliphatic carbocycles. The number of nitrogens with two attached hydrogens (primary N) is 1. The number of carbonyl (C=O) groups is 1. The van der Waals surface area contributed by atoms with E-state index in [1.165, 1.54) is 0 Å². The number of hydrogen-bond acceptors (Lipinski definition) is 6. The van der Waals surface area contributed by atoms with E-state index in [0.717, 1.165) is 0 Å². The summed E-state index contributed by atoms with van der Waals surface area (Å²) in [4.78, 5) is 18.0. The van der Waals surface area contributed by atoms with Gasteiger partial charge >= 0.3 is 27.0 Å². The van der Waals surface area contributed by atoms with Gasteiger partial charge in [-0.05, 0) is 40.0 Å². The minimum Gasteiger partial charge on any atom is -0.791 e. The van der Waals surface area contributed by atoms with Crippen LogP contribution >= 0.6 is 15.8 Å². The number of hydrogen-bond donors (Lipinski definition) is 2. The maximum Gasteiger partial charge on any atom is 2.00 e. The molecular formula is C9H24N2O5P2PtS. The summed E-state index contributed by atoms with van der Waals surface area (Å²) in [5.41, 5.74) is 4.91. The van der Waals surface area contributed by atoms with Crippen LogP contribution in [0.4, 0.5) is 0 Å². The smallest absolute Gasteiger partial charge is 0.791 e. The van der Waals surface area contributed by atoms with Crippen LogP contribution in [0.5, 0.6) is 0 Å². The van der Waals surface area contributed by atoms with E-state index in [4.69, 9.17) is 26.2 Å². The summed E-state index contributed by atoms with van der Waals surface area (Å²) in [6.07, 6.45) is 0. The minimum absolute atomic E-state index is 0. The van der Waals surface area contributed by atoms with Gasteiger partial charge in [-0.1, -0.05) is 0 Å². The molecule has 0 amide bonds. The molecule has 126 valence electrons. The average molecular weight is 529 g/mol. The van der Waals surface area contributed by atoms with Gasteiger partial charge in [0.1, 0.15) is 0 Å². The molecule has 3 N–H and O–H groups in total. The van der Waals surface area contributed by atoms with E-state index in [-0.39, 0.29) is 26.8 Å². The molecule has 0 bridgehead atoms. The third-order valence-electron chi connectivity index (χ3n) is 0.497. The topological polar surface area (TPSA) is 130 Å². The molecule has 0 aliphatic heterocycles. The summed E-state index contributed by atoms with van der Waals surface area (Å²) in [6, 6.07) is -0.866. The molecule has 20 heavy (non-hydrogen) atoms. The zero-order chi connectivity index (χ0) is 16.6. The third-order valence-corrected chi connectivity index (χ3v) is 0.856. The van der Waals surface area contributed by atoms with Gasteiger partial charge in [0.15, 0.2) is 0 Å². The van der Waals surface area contributed by atoms with Crippen LogP contribution < -0.4 is 5.73 Å². The predicted molar refractivity (Wildman–Crippen MR) is 87.6 cm³/mol. The van der Waals surface area contributed by atoms with Crippen LogP contribution in [0.2, 0.25) is 0 Å². The molecular weight excluding hydrogens is 505 g/mol. The number of rotatable bonds is 2. The fourth-order valence-electron chi connectivity index (χ4n) is 0.0713. The summed E-state index contributed by atoms with van der Waals surface area (Å²) in [5, 5.41) is 22.7. The summed E-state index contributed by atoms with van der Waals surface area (Å²) < 4.78 is 0. The monoisotopic (exact) mass is 529 g/mol. The molecule has 0 fully saturated rings. The van der Waals surface area contributed by atoms with Gasteiger partial charge in [0.05, 0.1) is 11.1 Å². The van der Waals surface area contributed by atoms with Crippen LogP contribution in [-0.2, 0) is 38.5 Å². The normalized spacial score (nSPS) is 9.50. The second kappa shape index (κ2) is 24.5. The molecule has 7 nitrogen and oxygen atoms in total. The van der Waals surface area contributed by atoms with Crippen molar-refractivity contribution in [2.45, 2.75) is 6.04 Å². The van der Waals surface area contributed by atoms with Crippen molar-refractivity contribution in [3.63, 3.8) is 0 Å². The van der Waals surface area contributed by atoms with Crippen molar-refractivity contribution in [3.05, 3.63) is 15.3 Å². The molecule has 0 heterocycles. The molecule has 0 saturated carbocycles. The van der Waals surface area contributed by atoms with Crippen molar-refractivity contribution in [2.75, 3.05) is 45.7 Å². The van der Waals surface area contributed by atoms with E-state index in [1.807, 2.05) is 0 Å². The van der Waals surface area contributed by atoms with Crippen LogP contribution in [0.3, 0.4) is 0 Å². The molecule has 0 aromatic heterocycles. The molecule has 0 aromatic rings. The Kier molecular flexibility index (Phi) is 39.8. The van der Waals surface area contributed by atoms with Crippen molar-refractivity contribution in [1.29, 1.82) is 0 Å². The van der Waals surface area contributed by atoms with E-state index >= 15 is 0 Å². The first-order chi connectivity index (χ1) is 8.38. The molecule has 1 atom stereocenters. The molecule has 0 radical (unpaired) electrons. The molecule has 0 rings (SSSR count). The predicted octanol–water partition coefficient (Wildman–Crippen LogP) is 1.42. The van der Waals surface area contributed by atoms with E-state index in [2.05, 4.69) is 52.6 Å². The van der Waals surface area contributed by atoms with Gasteiger partial charge in [0, 0.05) is 0 Å². The Labute approximate surface area is 143 Å². The van der Waals surface area contributed by atoms with Gasteiger partial charge in [-0.3, -0.25) is 4.79 Å². The van der Waals surface area contributed by atoms with Gasteiger partial charge in [0.2, 0.25) is 0 Å². The first-order valence-corrected chi connectivity index (χ1v) is 10.9. The second-order valence-corrected chi connectivity index (χ2v) is 9.72. The molecule has 0 aliphatic rings. The van der Waals surface area contributed by atoms with Crippen molar-refractivity contribution >= 4 is 34.4 Å². The van der Waals surface area contributed by atoms with Gasteiger partial charge in [-0.15, -0.1) is 15.8 Å². The van der Waals surface area contributed by atoms with Crippen molar-refractivity contribution in [2.24, 2.45) is 5.73 Å². The number of carboxylic acid groups (broad SMARTS) is 1. The first-order valence-electron chi connectivity index (χ1n) is 4.98. The second-order valence-electron chi connectivity index (χ2n) is 4.02. The Morgan fingerprint density at radius 1 is 1.20 bits per heavy atom. The first kappa shape index (κ1) is 32.5. The van der Waals surface area contributed by atoms with Gasteiger partial charge in [0.25, 0.3) is 0 Å². The van der Waals surface area contributed by atoms with E-state index in [9.17, 15) is 4.79 Å². The maximum atomic E-state index is 9.74. The van der Waals surface area contributed by atoms with Crippen LogP contribution in [0.15, 0.2) is 0 Å². The summed E-state index contributed by atoms with van der Waals surface area (Å²) in [5.74, 6) is -0.954. The Morgan fingerprint density at radius 2 is 1.35 bits per heavy atom. The third kappa shape index (κ3) is 134. The molecule has 1 unspecified atom stereocenters. The van der Waals surface area contributed by atoms with Crippen LogP contribution in [0.25, 0.3) is 0 Å². The van der Waals surface area contributed by atoms with Crippen LogP contribution in [0.1, 0.15) is 0 Å².